The summed E-state index contributed by atoms with van der Waals surface area (Å²) in [6.45, 7) is 1.99. The molecule has 3 aromatic carbocycles. The van der Waals surface area contributed by atoms with Crippen LogP contribution >= 0.6 is 23.2 Å². The zero-order valence-electron chi connectivity index (χ0n) is 14.7. The second-order valence-corrected chi connectivity index (χ2v) is 8.90. The van der Waals surface area contributed by atoms with Gasteiger partial charge in [-0.1, -0.05) is 89.4 Å². The van der Waals surface area contributed by atoms with Crippen molar-refractivity contribution in [3.63, 3.8) is 0 Å². The highest BCUT2D eigenvalue weighted by atomic mass is 35.5. The quantitative estimate of drug-likeness (QED) is 0.572. The van der Waals surface area contributed by atoms with Crippen molar-refractivity contribution in [1.29, 1.82) is 0 Å². The number of aryl methyl sites for hydroxylation is 1. The van der Waals surface area contributed by atoms with E-state index >= 15 is 0 Å². The molecular formula is C21H19Cl2NO2S. The van der Waals surface area contributed by atoms with Gasteiger partial charge in [-0.2, -0.15) is 0 Å². The van der Waals surface area contributed by atoms with Crippen LogP contribution in [0.3, 0.4) is 0 Å². The van der Waals surface area contributed by atoms with E-state index in [1.54, 1.807) is 18.2 Å². The Morgan fingerprint density at radius 2 is 1.37 bits per heavy atom. The summed E-state index contributed by atoms with van der Waals surface area (Å²) in [5.41, 5.74) is 3.22. The van der Waals surface area contributed by atoms with Gasteiger partial charge in [-0.25, -0.2) is 13.1 Å². The molecule has 27 heavy (non-hydrogen) atoms. The predicted octanol–water partition coefficient (Wildman–Crippen LogP) is 5.51. The van der Waals surface area contributed by atoms with E-state index in [0.717, 1.165) is 16.7 Å². The van der Waals surface area contributed by atoms with Crippen molar-refractivity contribution < 1.29 is 8.42 Å². The van der Waals surface area contributed by atoms with E-state index in [0.29, 0.717) is 15.6 Å². The van der Waals surface area contributed by atoms with E-state index < -0.39 is 16.1 Å². The average molecular weight is 420 g/mol. The van der Waals surface area contributed by atoms with Gasteiger partial charge >= 0.3 is 0 Å². The summed E-state index contributed by atoms with van der Waals surface area (Å²) < 4.78 is 28.6. The van der Waals surface area contributed by atoms with Crippen molar-refractivity contribution in [3.05, 3.63) is 105 Å². The average Bonchev–Trinajstić information content (AvgIpc) is 2.65. The van der Waals surface area contributed by atoms with Crippen molar-refractivity contribution in [2.24, 2.45) is 0 Å². The van der Waals surface area contributed by atoms with Gasteiger partial charge in [0.05, 0.1) is 11.8 Å². The SMILES string of the molecule is Cc1ccc([C@H](NS(=O)(=O)Cc2c(Cl)cccc2Cl)c2ccccc2)cc1. The normalized spacial score (nSPS) is 12.7. The molecule has 3 nitrogen and oxygen atoms in total. The molecular weight excluding hydrogens is 401 g/mol. The summed E-state index contributed by atoms with van der Waals surface area (Å²) in [5, 5.41) is 0.666. The maximum atomic E-state index is 12.9. The van der Waals surface area contributed by atoms with Crippen LogP contribution in [0.25, 0.3) is 0 Å². The highest BCUT2D eigenvalue weighted by Crippen LogP contribution is 2.28. The molecule has 3 rings (SSSR count). The summed E-state index contributed by atoms with van der Waals surface area (Å²) in [4.78, 5) is 0. The van der Waals surface area contributed by atoms with E-state index in [1.165, 1.54) is 0 Å². The van der Waals surface area contributed by atoms with Gasteiger partial charge in [-0.3, -0.25) is 0 Å². The Morgan fingerprint density at radius 1 is 0.815 bits per heavy atom. The van der Waals surface area contributed by atoms with Crippen LogP contribution in [-0.4, -0.2) is 8.42 Å². The van der Waals surface area contributed by atoms with Crippen LogP contribution in [0.5, 0.6) is 0 Å². The second-order valence-electron chi connectivity index (χ2n) is 6.33. The zero-order valence-corrected chi connectivity index (χ0v) is 17.0. The van der Waals surface area contributed by atoms with Crippen LogP contribution in [0.4, 0.5) is 0 Å². The topological polar surface area (TPSA) is 46.2 Å². The molecule has 0 aliphatic heterocycles. The molecule has 0 saturated heterocycles. The third-order valence-electron chi connectivity index (χ3n) is 4.24. The third kappa shape index (κ3) is 5.11. The van der Waals surface area contributed by atoms with Gasteiger partial charge in [0.2, 0.25) is 10.0 Å². The van der Waals surface area contributed by atoms with E-state index in [4.69, 9.17) is 23.2 Å². The number of hydrogen-bond acceptors (Lipinski definition) is 2. The highest BCUT2D eigenvalue weighted by molar-refractivity contribution is 7.88. The molecule has 0 fully saturated rings. The lowest BCUT2D eigenvalue weighted by Crippen LogP contribution is -2.30. The molecule has 0 spiro atoms. The predicted molar refractivity (Wildman–Crippen MR) is 112 cm³/mol. The zero-order chi connectivity index (χ0) is 19.4. The molecule has 0 unspecified atom stereocenters. The fourth-order valence-electron chi connectivity index (χ4n) is 2.81. The molecule has 0 aliphatic rings. The lowest BCUT2D eigenvalue weighted by molar-refractivity contribution is 0.571. The Bertz CT molecular complexity index is 1000. The van der Waals surface area contributed by atoms with E-state index in [-0.39, 0.29) is 5.75 Å². The Balaban J connectivity index is 1.95. The van der Waals surface area contributed by atoms with Crippen LogP contribution in [0, 0.1) is 6.92 Å². The molecule has 3 aromatic rings. The summed E-state index contributed by atoms with van der Waals surface area (Å²) in [5.74, 6) is -0.291. The van der Waals surface area contributed by atoms with E-state index in [9.17, 15) is 8.42 Å². The van der Waals surface area contributed by atoms with Gasteiger partial charge < -0.3 is 0 Å². The van der Waals surface area contributed by atoms with Crippen LogP contribution in [0.15, 0.2) is 72.8 Å². The number of sulfonamides is 1. The molecule has 0 aliphatic carbocycles. The largest absolute Gasteiger partial charge is 0.216 e. The lowest BCUT2D eigenvalue weighted by atomic mass is 9.99. The van der Waals surface area contributed by atoms with Crippen molar-refractivity contribution in [2.45, 2.75) is 18.7 Å². The molecule has 1 N–H and O–H groups in total. The van der Waals surface area contributed by atoms with Gasteiger partial charge in [0.1, 0.15) is 0 Å². The molecule has 140 valence electrons. The summed E-state index contributed by atoms with van der Waals surface area (Å²) in [6.07, 6.45) is 0. The number of nitrogens with one attached hydrogen (secondary N) is 1. The summed E-state index contributed by atoms with van der Waals surface area (Å²) in [6, 6.07) is 21.7. The first kappa shape index (κ1) is 19.9. The minimum absolute atomic E-state index is 0.291. The number of rotatable bonds is 6. The number of halogens is 2. The second kappa shape index (κ2) is 8.44. The Kier molecular flexibility index (Phi) is 6.22. The fourth-order valence-corrected chi connectivity index (χ4v) is 4.91. The van der Waals surface area contributed by atoms with Gasteiger partial charge in [0.15, 0.2) is 0 Å². The van der Waals surface area contributed by atoms with Crippen molar-refractivity contribution in [2.75, 3.05) is 0 Å². The molecule has 0 amide bonds. The van der Waals surface area contributed by atoms with Crippen molar-refractivity contribution in [3.8, 4) is 0 Å². The smallest absolute Gasteiger partial charge is 0.212 e. The van der Waals surface area contributed by atoms with Gasteiger partial charge in [-0.05, 0) is 30.2 Å². The van der Waals surface area contributed by atoms with Gasteiger partial charge in [0, 0.05) is 15.6 Å². The minimum Gasteiger partial charge on any atom is -0.212 e. The standard InChI is InChI=1S/C21H19Cl2NO2S/c1-15-10-12-17(13-11-15)21(16-6-3-2-4-7-16)24-27(25,26)14-18-19(22)8-5-9-20(18)23/h2-13,21,24H,14H2,1H3/t21-/m1/s1. The maximum Gasteiger partial charge on any atom is 0.216 e. The van der Waals surface area contributed by atoms with Crippen LogP contribution < -0.4 is 4.72 Å². The maximum absolute atomic E-state index is 12.9. The monoisotopic (exact) mass is 419 g/mol. The molecule has 0 bridgehead atoms. The van der Waals surface area contributed by atoms with Gasteiger partial charge in [-0.15, -0.1) is 0 Å². The van der Waals surface area contributed by atoms with Gasteiger partial charge in [0.25, 0.3) is 0 Å². The van der Waals surface area contributed by atoms with Crippen LogP contribution in [0.1, 0.15) is 28.3 Å². The fraction of sp³-hybridized carbons (Fsp3) is 0.143. The van der Waals surface area contributed by atoms with Crippen molar-refractivity contribution >= 4 is 33.2 Å². The molecule has 6 heteroatoms. The third-order valence-corrected chi connectivity index (χ3v) is 6.21. The summed E-state index contributed by atoms with van der Waals surface area (Å²) in [7, 11) is -3.70. The molecule has 1 atom stereocenters. The highest BCUT2D eigenvalue weighted by Gasteiger charge is 2.23. The molecule has 0 aromatic heterocycles. The first-order valence-electron chi connectivity index (χ1n) is 8.40. The van der Waals surface area contributed by atoms with E-state index in [2.05, 4.69) is 4.72 Å². The summed E-state index contributed by atoms with van der Waals surface area (Å²) >= 11 is 12.3. The molecule has 0 radical (unpaired) electrons. The Morgan fingerprint density at radius 3 is 1.96 bits per heavy atom. The first-order chi connectivity index (χ1) is 12.9. The molecule has 0 saturated carbocycles. The van der Waals surface area contributed by atoms with E-state index in [1.807, 2.05) is 61.5 Å². The van der Waals surface area contributed by atoms with Crippen LogP contribution in [-0.2, 0) is 15.8 Å². The minimum atomic E-state index is -3.70. The number of benzene rings is 3. The van der Waals surface area contributed by atoms with Crippen LogP contribution in [0.2, 0.25) is 10.0 Å². The first-order valence-corrected chi connectivity index (χ1v) is 10.8. The lowest BCUT2D eigenvalue weighted by Gasteiger charge is -2.20. The Labute approximate surface area is 170 Å². The molecule has 0 heterocycles. The number of hydrogen-bond donors (Lipinski definition) is 1. The Hall–Kier alpha value is -1.85. The van der Waals surface area contributed by atoms with Crippen molar-refractivity contribution in [1.82, 2.24) is 4.72 Å².